The Hall–Kier alpha value is -2.49. The van der Waals surface area contributed by atoms with Gasteiger partial charge in [-0.15, -0.1) is 0 Å². The van der Waals surface area contributed by atoms with Crippen LogP contribution in [0.4, 0.5) is 17.1 Å². The quantitative estimate of drug-likeness (QED) is 0.916. The topological polar surface area (TPSA) is 41.6 Å². The summed E-state index contributed by atoms with van der Waals surface area (Å²) < 4.78 is 5.38. The van der Waals surface area contributed by atoms with Crippen LogP contribution in [-0.4, -0.2) is 19.6 Å². The first-order chi connectivity index (χ1) is 10.2. The fraction of sp³-hybridized carbons (Fsp3) is 0.235. The maximum absolute atomic E-state index is 12.0. The van der Waals surface area contributed by atoms with Gasteiger partial charge in [0.25, 0.3) is 0 Å². The fourth-order valence-corrected chi connectivity index (χ4v) is 2.57. The maximum Gasteiger partial charge on any atom is 0.226 e. The van der Waals surface area contributed by atoms with E-state index in [1.165, 1.54) is 5.56 Å². The molecule has 0 aliphatic carbocycles. The first kappa shape index (κ1) is 13.5. The second-order valence-corrected chi connectivity index (χ2v) is 5.14. The summed E-state index contributed by atoms with van der Waals surface area (Å²) in [4.78, 5) is 14.1. The van der Waals surface area contributed by atoms with Gasteiger partial charge in [-0.2, -0.15) is 0 Å². The molecule has 0 atom stereocenters. The minimum Gasteiger partial charge on any atom is -0.494 e. The van der Waals surface area contributed by atoms with E-state index in [4.69, 9.17) is 4.74 Å². The highest BCUT2D eigenvalue weighted by Gasteiger charge is 2.22. The van der Waals surface area contributed by atoms with Crippen molar-refractivity contribution in [2.45, 2.75) is 13.3 Å². The molecule has 108 valence electrons. The highest BCUT2D eigenvalue weighted by Crippen LogP contribution is 2.40. The van der Waals surface area contributed by atoms with Crippen LogP contribution in [0, 0.1) is 6.92 Å². The zero-order valence-electron chi connectivity index (χ0n) is 12.2. The Labute approximate surface area is 124 Å². The monoisotopic (exact) mass is 282 g/mol. The molecule has 0 bridgehead atoms. The van der Waals surface area contributed by atoms with Crippen LogP contribution in [0.1, 0.15) is 12.0 Å². The highest BCUT2D eigenvalue weighted by atomic mass is 16.5. The van der Waals surface area contributed by atoms with Gasteiger partial charge in [-0.05, 0) is 31.2 Å². The smallest absolute Gasteiger partial charge is 0.226 e. The fourth-order valence-electron chi connectivity index (χ4n) is 2.57. The van der Waals surface area contributed by atoms with Crippen molar-refractivity contribution in [1.82, 2.24) is 0 Å². The molecule has 4 heteroatoms. The van der Waals surface area contributed by atoms with E-state index in [1.54, 1.807) is 7.11 Å². The van der Waals surface area contributed by atoms with Crippen molar-refractivity contribution in [3.8, 4) is 5.75 Å². The predicted molar refractivity (Wildman–Crippen MR) is 84.4 cm³/mol. The van der Waals surface area contributed by atoms with E-state index in [0.717, 1.165) is 17.1 Å². The number of hydrogen-bond donors (Lipinski definition) is 1. The first-order valence-corrected chi connectivity index (χ1v) is 7.00. The van der Waals surface area contributed by atoms with E-state index in [2.05, 4.69) is 41.4 Å². The van der Waals surface area contributed by atoms with E-state index < -0.39 is 0 Å². The van der Waals surface area contributed by atoms with Gasteiger partial charge in [0.05, 0.1) is 12.8 Å². The van der Waals surface area contributed by atoms with Crippen molar-refractivity contribution in [3.63, 3.8) is 0 Å². The zero-order valence-corrected chi connectivity index (χ0v) is 12.2. The van der Waals surface area contributed by atoms with Crippen LogP contribution < -0.4 is 15.0 Å². The first-order valence-electron chi connectivity index (χ1n) is 7.00. The molecule has 0 unspecified atom stereocenters. The standard InChI is InChI=1S/C17H18N2O2/c1-12-6-8-13(9-7-12)19-11-10-16(20)18-17-14(19)4-3-5-15(17)21-2/h3-9H,10-11H2,1-2H3,(H,18,20). The number of fused-ring (bicyclic) bond motifs is 1. The van der Waals surface area contributed by atoms with Gasteiger partial charge in [-0.3, -0.25) is 4.79 Å². The molecule has 1 heterocycles. The van der Waals surface area contributed by atoms with Gasteiger partial charge in [0.2, 0.25) is 5.91 Å². The lowest BCUT2D eigenvalue weighted by Crippen LogP contribution is -2.18. The van der Waals surface area contributed by atoms with Crippen molar-refractivity contribution in [2.75, 3.05) is 23.9 Å². The van der Waals surface area contributed by atoms with Crippen LogP contribution in [0.5, 0.6) is 5.75 Å². The molecule has 21 heavy (non-hydrogen) atoms. The number of carbonyl (C=O) groups excluding carboxylic acids is 1. The number of hydrogen-bond acceptors (Lipinski definition) is 3. The Morgan fingerprint density at radius 1 is 1.14 bits per heavy atom. The normalized spacial score (nSPS) is 14.2. The number of anilines is 3. The van der Waals surface area contributed by atoms with Crippen LogP contribution in [-0.2, 0) is 4.79 Å². The number of ether oxygens (including phenoxy) is 1. The summed E-state index contributed by atoms with van der Waals surface area (Å²) >= 11 is 0. The van der Waals surface area contributed by atoms with Crippen molar-refractivity contribution >= 4 is 23.0 Å². The molecule has 0 radical (unpaired) electrons. The molecule has 1 N–H and O–H groups in total. The van der Waals surface area contributed by atoms with E-state index in [9.17, 15) is 4.79 Å². The molecule has 1 aliphatic rings. The van der Waals surface area contributed by atoms with E-state index >= 15 is 0 Å². The summed E-state index contributed by atoms with van der Waals surface area (Å²) in [6, 6.07) is 14.1. The molecule has 1 amide bonds. The van der Waals surface area contributed by atoms with E-state index in [1.807, 2.05) is 18.2 Å². The van der Waals surface area contributed by atoms with Crippen LogP contribution in [0.2, 0.25) is 0 Å². The number of methoxy groups -OCH3 is 1. The lowest BCUT2D eigenvalue weighted by Gasteiger charge is -2.25. The molecular weight excluding hydrogens is 264 g/mol. The van der Waals surface area contributed by atoms with Gasteiger partial charge in [-0.25, -0.2) is 0 Å². The largest absolute Gasteiger partial charge is 0.494 e. The Morgan fingerprint density at radius 2 is 1.90 bits per heavy atom. The van der Waals surface area contributed by atoms with Gasteiger partial charge in [0.15, 0.2) is 0 Å². The number of rotatable bonds is 2. The van der Waals surface area contributed by atoms with E-state index in [-0.39, 0.29) is 5.91 Å². The summed E-state index contributed by atoms with van der Waals surface area (Å²) in [6.07, 6.45) is 0.450. The SMILES string of the molecule is COc1cccc2c1NC(=O)CCN2c1ccc(C)cc1. The summed E-state index contributed by atoms with van der Waals surface area (Å²) in [7, 11) is 1.61. The molecule has 4 nitrogen and oxygen atoms in total. The third kappa shape index (κ3) is 2.57. The lowest BCUT2D eigenvalue weighted by molar-refractivity contribution is -0.115. The van der Waals surface area contributed by atoms with Gasteiger partial charge < -0.3 is 15.0 Å². The number of nitrogens with zero attached hydrogens (tertiary/aromatic N) is 1. The second kappa shape index (κ2) is 5.48. The third-order valence-electron chi connectivity index (χ3n) is 3.69. The molecule has 0 aromatic heterocycles. The number of nitrogens with one attached hydrogen (secondary N) is 1. The van der Waals surface area contributed by atoms with Gasteiger partial charge in [-0.1, -0.05) is 23.8 Å². The number of para-hydroxylation sites is 1. The molecule has 0 saturated heterocycles. The molecule has 2 aromatic carbocycles. The van der Waals surface area contributed by atoms with Crippen LogP contribution in [0.3, 0.4) is 0 Å². The Balaban J connectivity index is 2.11. The van der Waals surface area contributed by atoms with Crippen molar-refractivity contribution in [2.24, 2.45) is 0 Å². The minimum atomic E-state index is 0.00959. The van der Waals surface area contributed by atoms with Crippen LogP contribution in [0.25, 0.3) is 0 Å². The van der Waals surface area contributed by atoms with Crippen molar-refractivity contribution < 1.29 is 9.53 Å². The Bertz CT molecular complexity index is 665. The number of amides is 1. The maximum atomic E-state index is 12.0. The molecule has 1 aliphatic heterocycles. The van der Waals surface area contributed by atoms with Gasteiger partial charge >= 0.3 is 0 Å². The number of carbonyl (C=O) groups is 1. The second-order valence-electron chi connectivity index (χ2n) is 5.14. The molecule has 3 rings (SSSR count). The average Bonchev–Trinajstić information content (AvgIpc) is 2.66. The summed E-state index contributed by atoms with van der Waals surface area (Å²) in [5.74, 6) is 0.690. The summed E-state index contributed by atoms with van der Waals surface area (Å²) in [5, 5.41) is 2.95. The van der Waals surface area contributed by atoms with Crippen molar-refractivity contribution in [3.05, 3.63) is 48.0 Å². The minimum absolute atomic E-state index is 0.00959. The van der Waals surface area contributed by atoms with Crippen LogP contribution in [0.15, 0.2) is 42.5 Å². The van der Waals surface area contributed by atoms with Crippen LogP contribution >= 0.6 is 0 Å². The number of aryl methyl sites for hydroxylation is 1. The molecule has 0 spiro atoms. The predicted octanol–water partition coefficient (Wildman–Crippen LogP) is 3.48. The summed E-state index contributed by atoms with van der Waals surface area (Å²) in [6.45, 7) is 2.71. The molecule has 0 fully saturated rings. The highest BCUT2D eigenvalue weighted by molar-refractivity contribution is 5.99. The molecular formula is C17H18N2O2. The van der Waals surface area contributed by atoms with Gasteiger partial charge in [0, 0.05) is 18.7 Å². The molecule has 0 saturated carbocycles. The Morgan fingerprint density at radius 3 is 2.62 bits per heavy atom. The average molecular weight is 282 g/mol. The summed E-state index contributed by atoms with van der Waals surface area (Å²) in [5.41, 5.74) is 3.99. The van der Waals surface area contributed by atoms with Gasteiger partial charge in [0.1, 0.15) is 11.4 Å². The van der Waals surface area contributed by atoms with Crippen molar-refractivity contribution in [1.29, 1.82) is 0 Å². The van der Waals surface area contributed by atoms with E-state index in [0.29, 0.717) is 18.7 Å². The third-order valence-corrected chi connectivity index (χ3v) is 3.69. The Kier molecular flexibility index (Phi) is 3.52. The zero-order chi connectivity index (χ0) is 14.8. The lowest BCUT2D eigenvalue weighted by atomic mass is 10.1. The number of benzene rings is 2. The molecule has 2 aromatic rings.